The largest absolute Gasteiger partial charge is 0.457 e. The summed E-state index contributed by atoms with van der Waals surface area (Å²) in [5.74, 6) is -0.948. The Morgan fingerprint density at radius 3 is 2.44 bits per heavy atom. The summed E-state index contributed by atoms with van der Waals surface area (Å²) < 4.78 is 12.1. The van der Waals surface area contributed by atoms with Gasteiger partial charge in [-0.2, -0.15) is 0 Å². The van der Waals surface area contributed by atoms with Crippen molar-refractivity contribution in [2.75, 3.05) is 0 Å². The quantitative estimate of drug-likeness (QED) is 0.589. The number of carbonyl (C=O) groups excluding carboxylic acids is 2. The highest BCUT2D eigenvalue weighted by Crippen LogP contribution is 2.65. The summed E-state index contributed by atoms with van der Waals surface area (Å²) in [7, 11) is 0. The van der Waals surface area contributed by atoms with Crippen LogP contribution in [0, 0.1) is 22.7 Å². The molecule has 3 rings (SSSR count). The molecular weight excluding hydrogens is 344 g/mol. The summed E-state index contributed by atoms with van der Waals surface area (Å²) in [4.78, 5) is 25.4. The van der Waals surface area contributed by atoms with Crippen LogP contribution < -0.4 is 0 Å². The summed E-state index contributed by atoms with van der Waals surface area (Å²) >= 11 is 0. The van der Waals surface area contributed by atoms with E-state index in [-0.39, 0.29) is 23.5 Å². The maximum atomic E-state index is 13.5. The molecule has 2 saturated carbocycles. The summed E-state index contributed by atoms with van der Waals surface area (Å²) in [5, 5.41) is 11.5. The summed E-state index contributed by atoms with van der Waals surface area (Å²) in [6, 6.07) is 0. The van der Waals surface area contributed by atoms with Crippen LogP contribution >= 0.6 is 0 Å². The number of hydrogen-bond donors (Lipinski definition) is 1. The Kier molecular flexibility index (Phi) is 4.68. The number of ketones is 1. The molecule has 2 aliphatic carbocycles. The first kappa shape index (κ1) is 20.5. The van der Waals surface area contributed by atoms with E-state index in [4.69, 9.17) is 9.47 Å². The van der Waals surface area contributed by atoms with Gasteiger partial charge < -0.3 is 14.6 Å². The zero-order valence-electron chi connectivity index (χ0n) is 17.5. The molecule has 0 spiro atoms. The first-order chi connectivity index (χ1) is 12.3. The number of carbonyl (C=O) groups is 2. The van der Waals surface area contributed by atoms with E-state index in [0.29, 0.717) is 0 Å². The number of Topliss-reactive ketones (excluding diaryl/α,β-unsaturated/α-hetero) is 1. The molecule has 3 aliphatic rings. The molecule has 5 heteroatoms. The van der Waals surface area contributed by atoms with Gasteiger partial charge in [0.2, 0.25) is 0 Å². The Labute approximate surface area is 162 Å². The zero-order chi connectivity index (χ0) is 20.4. The average Bonchev–Trinajstić information content (AvgIpc) is 2.49. The van der Waals surface area contributed by atoms with Crippen molar-refractivity contribution in [2.24, 2.45) is 22.7 Å². The maximum absolute atomic E-state index is 13.5. The second-order valence-corrected chi connectivity index (χ2v) is 10.2. The van der Waals surface area contributed by atoms with Crippen LogP contribution in [0.5, 0.6) is 0 Å². The van der Waals surface area contributed by atoms with Crippen molar-refractivity contribution in [3.63, 3.8) is 0 Å². The third-order valence-electron chi connectivity index (χ3n) is 7.56. The number of aliphatic hydroxyl groups is 1. The number of fused-ring (bicyclic) bond motifs is 3. The van der Waals surface area contributed by atoms with E-state index in [9.17, 15) is 14.7 Å². The highest BCUT2D eigenvalue weighted by Gasteiger charge is 2.71. The van der Waals surface area contributed by atoms with Crippen LogP contribution in [0.1, 0.15) is 67.2 Å². The van der Waals surface area contributed by atoms with Gasteiger partial charge in [-0.15, -0.1) is 6.58 Å². The van der Waals surface area contributed by atoms with Crippen molar-refractivity contribution in [1.82, 2.24) is 0 Å². The lowest BCUT2D eigenvalue weighted by Gasteiger charge is -2.67. The summed E-state index contributed by atoms with van der Waals surface area (Å²) in [6.07, 6.45) is 2.94. The van der Waals surface area contributed by atoms with Crippen molar-refractivity contribution in [1.29, 1.82) is 0 Å². The fourth-order valence-electron chi connectivity index (χ4n) is 6.91. The van der Waals surface area contributed by atoms with E-state index in [2.05, 4.69) is 27.4 Å². The minimum atomic E-state index is -1.10. The van der Waals surface area contributed by atoms with Crippen molar-refractivity contribution < 1.29 is 24.2 Å². The Morgan fingerprint density at radius 1 is 1.26 bits per heavy atom. The molecule has 27 heavy (non-hydrogen) atoms. The molecule has 0 radical (unpaired) electrons. The van der Waals surface area contributed by atoms with Gasteiger partial charge in [0.25, 0.3) is 0 Å². The van der Waals surface area contributed by atoms with Crippen LogP contribution in [-0.4, -0.2) is 40.3 Å². The van der Waals surface area contributed by atoms with Crippen LogP contribution in [-0.2, 0) is 19.1 Å². The average molecular weight is 379 g/mol. The minimum Gasteiger partial charge on any atom is -0.457 e. The molecule has 0 unspecified atom stereocenters. The zero-order valence-corrected chi connectivity index (χ0v) is 17.5. The van der Waals surface area contributed by atoms with Crippen LogP contribution in [0.4, 0.5) is 0 Å². The second kappa shape index (κ2) is 6.15. The van der Waals surface area contributed by atoms with Crippen molar-refractivity contribution in [3.05, 3.63) is 12.7 Å². The van der Waals surface area contributed by atoms with Crippen LogP contribution in [0.2, 0.25) is 0 Å². The van der Waals surface area contributed by atoms with Crippen LogP contribution in [0.25, 0.3) is 0 Å². The highest BCUT2D eigenvalue weighted by molar-refractivity contribution is 5.86. The number of ether oxygens (including phenoxy) is 2. The van der Waals surface area contributed by atoms with Gasteiger partial charge in [-0.05, 0) is 43.4 Å². The standard InChI is InChI=1S/C22H34O5/c1-8-20(5)12-14(24)16-21(6)11-9-10-19(3,4)17(21)15(25)18(26-13(2)23)22(16,7)27-20/h8,15-18,25H,1,9-12H2,2-7H3/t15-,16-,17+,18+,20-,21+,22-/m0/s1. The highest BCUT2D eigenvalue weighted by atomic mass is 16.6. The molecule has 7 atom stereocenters. The van der Waals surface area contributed by atoms with Gasteiger partial charge >= 0.3 is 5.97 Å². The molecular formula is C22H34O5. The SMILES string of the molecule is C=C[C@@]1(C)CC(=O)[C@H]2[C@@]3(C)CCCC(C)(C)[C@H]3[C@H](O)[C@@H](OC(C)=O)[C@@]2(C)O1. The van der Waals surface area contributed by atoms with E-state index in [1.807, 2.05) is 13.8 Å². The summed E-state index contributed by atoms with van der Waals surface area (Å²) in [6.45, 7) is 15.2. The van der Waals surface area contributed by atoms with Crippen LogP contribution in [0.15, 0.2) is 12.7 Å². The van der Waals surface area contributed by atoms with Gasteiger partial charge in [-0.1, -0.05) is 33.3 Å². The topological polar surface area (TPSA) is 72.8 Å². The van der Waals surface area contributed by atoms with Crippen molar-refractivity contribution >= 4 is 11.8 Å². The molecule has 1 saturated heterocycles. The van der Waals surface area contributed by atoms with Gasteiger partial charge in [0.1, 0.15) is 11.4 Å². The molecule has 3 fully saturated rings. The molecule has 1 N–H and O–H groups in total. The molecule has 5 nitrogen and oxygen atoms in total. The molecule has 1 aliphatic heterocycles. The van der Waals surface area contributed by atoms with Crippen molar-refractivity contribution in [2.45, 2.75) is 90.6 Å². The van der Waals surface area contributed by atoms with Gasteiger partial charge in [-0.3, -0.25) is 9.59 Å². The van der Waals surface area contributed by atoms with Crippen LogP contribution in [0.3, 0.4) is 0 Å². The number of hydrogen-bond acceptors (Lipinski definition) is 5. The third-order valence-corrected chi connectivity index (χ3v) is 7.56. The Hall–Kier alpha value is -1.20. The maximum Gasteiger partial charge on any atom is 0.303 e. The fraction of sp³-hybridized carbons (Fsp3) is 0.818. The van der Waals surface area contributed by atoms with E-state index in [1.165, 1.54) is 6.92 Å². The van der Waals surface area contributed by atoms with Gasteiger partial charge in [0, 0.05) is 13.3 Å². The van der Waals surface area contributed by atoms with Gasteiger partial charge in [0.15, 0.2) is 6.10 Å². The third kappa shape index (κ3) is 2.89. The Morgan fingerprint density at radius 2 is 1.89 bits per heavy atom. The first-order valence-corrected chi connectivity index (χ1v) is 10.0. The minimum absolute atomic E-state index is 0.111. The van der Waals surface area contributed by atoms with E-state index in [1.54, 1.807) is 6.08 Å². The fourth-order valence-corrected chi connectivity index (χ4v) is 6.91. The number of aliphatic hydroxyl groups excluding tert-OH is 1. The number of rotatable bonds is 2. The molecule has 0 aromatic rings. The molecule has 0 amide bonds. The molecule has 0 aromatic carbocycles. The molecule has 0 aromatic heterocycles. The predicted molar refractivity (Wildman–Crippen MR) is 102 cm³/mol. The number of esters is 1. The monoisotopic (exact) mass is 378 g/mol. The normalized spacial score (nSPS) is 48.9. The van der Waals surface area contributed by atoms with E-state index >= 15 is 0 Å². The molecule has 1 heterocycles. The van der Waals surface area contributed by atoms with Gasteiger partial charge in [-0.25, -0.2) is 0 Å². The lowest BCUT2D eigenvalue weighted by atomic mass is 9.42. The second-order valence-electron chi connectivity index (χ2n) is 10.2. The first-order valence-electron chi connectivity index (χ1n) is 10.0. The predicted octanol–water partition coefficient (Wildman–Crippen LogP) is 3.43. The lowest BCUT2D eigenvalue weighted by molar-refractivity contribution is -0.307. The van der Waals surface area contributed by atoms with Gasteiger partial charge in [0.05, 0.1) is 17.6 Å². The van der Waals surface area contributed by atoms with Crippen molar-refractivity contribution in [3.8, 4) is 0 Å². The lowest BCUT2D eigenvalue weighted by Crippen LogP contribution is -2.75. The molecule has 152 valence electrons. The smallest absolute Gasteiger partial charge is 0.303 e. The summed E-state index contributed by atoms with van der Waals surface area (Å²) in [5.41, 5.74) is -2.51. The Bertz CT molecular complexity index is 670. The van der Waals surface area contributed by atoms with E-state index < -0.39 is 40.7 Å². The van der Waals surface area contributed by atoms with E-state index in [0.717, 1.165) is 19.3 Å². The molecule has 0 bridgehead atoms. The Balaban J connectivity index is 2.20.